The van der Waals surface area contributed by atoms with Crippen molar-refractivity contribution in [2.24, 2.45) is 0 Å². The van der Waals surface area contributed by atoms with Crippen LogP contribution in [0.4, 0.5) is 4.79 Å². The molecule has 12 heteroatoms. The number of unbranched alkanes of at least 4 members (excludes halogenated alkanes) is 1. The summed E-state index contributed by atoms with van der Waals surface area (Å²) in [6.07, 6.45) is -3.12. The summed E-state index contributed by atoms with van der Waals surface area (Å²) < 4.78 is 5.62. The molecule has 0 aliphatic carbocycles. The van der Waals surface area contributed by atoms with Gasteiger partial charge in [-0.1, -0.05) is 0 Å². The van der Waals surface area contributed by atoms with Crippen LogP contribution in [0.25, 0.3) is 0 Å². The quantitative estimate of drug-likeness (QED) is 0.181. The number of rotatable bonds is 13. The zero-order valence-electron chi connectivity index (χ0n) is 16.4. The lowest BCUT2D eigenvalue weighted by Gasteiger charge is -2.17. The molecule has 0 aromatic heterocycles. The summed E-state index contributed by atoms with van der Waals surface area (Å²) >= 11 is 2.12. The van der Waals surface area contributed by atoms with E-state index in [2.05, 4.69) is 38.0 Å². The fraction of sp³-hybridized carbons (Fsp3) is 0.421. The van der Waals surface area contributed by atoms with E-state index >= 15 is 0 Å². The van der Waals surface area contributed by atoms with Crippen LogP contribution in [0.5, 0.6) is 0 Å². The topological polar surface area (TPSA) is 179 Å². The number of nitrogens with one attached hydrogen (secondary N) is 2. The number of carboxylic acid groups (broad SMARTS) is 3. The molecule has 0 heterocycles. The molecule has 1 aromatic carbocycles. The van der Waals surface area contributed by atoms with Gasteiger partial charge in [-0.25, -0.2) is 14.4 Å². The van der Waals surface area contributed by atoms with Gasteiger partial charge in [-0.3, -0.25) is 9.59 Å². The molecule has 0 spiro atoms. The Morgan fingerprint density at radius 2 is 1.58 bits per heavy atom. The minimum Gasteiger partial charge on any atom is -0.481 e. The molecular formula is C19H23IN2O9. The minimum atomic E-state index is -1.71. The summed E-state index contributed by atoms with van der Waals surface area (Å²) in [5, 5.41) is 31.6. The number of carbonyl (C=O) groups is 5. The summed E-state index contributed by atoms with van der Waals surface area (Å²) in [4.78, 5) is 56.7. The van der Waals surface area contributed by atoms with Crippen LogP contribution in [0.2, 0.25) is 0 Å². The van der Waals surface area contributed by atoms with Gasteiger partial charge in [0.15, 0.2) is 0 Å². The highest BCUT2D eigenvalue weighted by Gasteiger charge is 2.26. The number of halogens is 1. The average Bonchev–Trinajstić information content (AvgIpc) is 2.69. The molecule has 0 bridgehead atoms. The number of carbonyl (C=O) groups excluding carboxylic acids is 2. The van der Waals surface area contributed by atoms with Crippen molar-refractivity contribution in [2.75, 3.05) is 6.54 Å². The number of hydrogen-bond donors (Lipinski definition) is 5. The van der Waals surface area contributed by atoms with Gasteiger partial charge < -0.3 is 30.7 Å². The van der Waals surface area contributed by atoms with Crippen LogP contribution in [0.15, 0.2) is 24.3 Å². The number of aliphatic carboxylic acids is 3. The van der Waals surface area contributed by atoms with Gasteiger partial charge in [-0.2, -0.15) is 0 Å². The Kier molecular flexibility index (Phi) is 11.3. The molecule has 0 unspecified atom stereocenters. The number of alkyl carbamates (subject to hydrolysis) is 1. The molecule has 1 aromatic rings. The van der Waals surface area contributed by atoms with Gasteiger partial charge in [0, 0.05) is 28.5 Å². The minimum absolute atomic E-state index is 0.0245. The van der Waals surface area contributed by atoms with Gasteiger partial charge in [-0.05, 0) is 66.1 Å². The fourth-order valence-electron chi connectivity index (χ4n) is 2.43. The highest BCUT2D eigenvalue weighted by atomic mass is 127. The molecule has 0 aliphatic rings. The van der Waals surface area contributed by atoms with Crippen molar-refractivity contribution in [1.82, 2.24) is 10.6 Å². The van der Waals surface area contributed by atoms with Gasteiger partial charge in [0.1, 0.15) is 6.04 Å². The number of benzene rings is 1. The maximum absolute atomic E-state index is 12.0. The largest absolute Gasteiger partial charge is 0.481 e. The van der Waals surface area contributed by atoms with Crippen LogP contribution in [-0.2, 0) is 19.1 Å². The summed E-state index contributed by atoms with van der Waals surface area (Å²) in [7, 11) is 0. The Bertz CT molecular complexity index is 798. The molecule has 2 amide bonds. The Balaban J connectivity index is 2.41. The predicted octanol–water partition coefficient (Wildman–Crippen LogP) is 1.69. The summed E-state index contributed by atoms with van der Waals surface area (Å²) in [6, 6.07) is 5.65. The third-order valence-corrected chi connectivity index (χ3v) is 4.77. The monoisotopic (exact) mass is 550 g/mol. The average molecular weight is 550 g/mol. The first-order chi connectivity index (χ1) is 14.6. The molecule has 0 saturated heterocycles. The van der Waals surface area contributed by atoms with Crippen molar-refractivity contribution < 1.29 is 44.0 Å². The number of hydrogen-bond acceptors (Lipinski definition) is 6. The Labute approximate surface area is 191 Å². The highest BCUT2D eigenvalue weighted by molar-refractivity contribution is 14.1. The molecule has 5 N–H and O–H groups in total. The Morgan fingerprint density at radius 1 is 0.935 bits per heavy atom. The van der Waals surface area contributed by atoms with E-state index in [1.54, 1.807) is 24.3 Å². The van der Waals surface area contributed by atoms with E-state index in [9.17, 15) is 29.1 Å². The highest BCUT2D eigenvalue weighted by Crippen LogP contribution is 2.08. The van der Waals surface area contributed by atoms with Gasteiger partial charge in [0.2, 0.25) is 6.10 Å². The second-order valence-electron chi connectivity index (χ2n) is 6.46. The first kappa shape index (κ1) is 26.1. The standard InChI is InChI=1S/C19H23IN2O9/c20-12-6-4-11(5-7-12)16(25)21-10-2-1-3-13(17(26)27)22-19(30)31-14(18(28)29)8-9-15(23)24/h4-7,13-14H,1-3,8-10H2,(H,21,25)(H,22,30)(H,23,24)(H,26,27)(H,28,29)/t13-,14-/m0/s1. The number of ether oxygens (including phenoxy) is 1. The first-order valence-corrected chi connectivity index (χ1v) is 10.4. The Hall–Kier alpha value is -2.90. The molecule has 31 heavy (non-hydrogen) atoms. The molecule has 2 atom stereocenters. The lowest BCUT2D eigenvalue weighted by Crippen LogP contribution is -2.43. The summed E-state index contributed by atoms with van der Waals surface area (Å²) in [6.45, 7) is 0.303. The van der Waals surface area contributed by atoms with Crippen molar-refractivity contribution in [2.45, 2.75) is 44.2 Å². The van der Waals surface area contributed by atoms with Crippen molar-refractivity contribution in [1.29, 1.82) is 0 Å². The summed E-state index contributed by atoms with van der Waals surface area (Å²) in [5.41, 5.74) is 0.504. The molecule has 0 radical (unpaired) electrons. The first-order valence-electron chi connectivity index (χ1n) is 9.28. The van der Waals surface area contributed by atoms with Gasteiger partial charge >= 0.3 is 24.0 Å². The SMILES string of the molecule is O=C(O)CC[C@H](OC(=O)N[C@@H](CCCCNC(=O)c1ccc(I)cc1)C(=O)O)C(=O)O. The van der Waals surface area contributed by atoms with E-state index in [0.717, 1.165) is 3.57 Å². The van der Waals surface area contributed by atoms with E-state index in [4.69, 9.17) is 10.2 Å². The lowest BCUT2D eigenvalue weighted by molar-refractivity contribution is -0.148. The third-order valence-electron chi connectivity index (χ3n) is 4.05. The van der Waals surface area contributed by atoms with Gasteiger partial charge in [0.05, 0.1) is 0 Å². The normalized spacial score (nSPS) is 12.3. The van der Waals surface area contributed by atoms with E-state index in [1.165, 1.54) is 0 Å². The van der Waals surface area contributed by atoms with E-state index in [0.29, 0.717) is 24.9 Å². The summed E-state index contributed by atoms with van der Waals surface area (Å²) in [5.74, 6) is -4.38. The van der Waals surface area contributed by atoms with E-state index in [-0.39, 0.29) is 12.3 Å². The van der Waals surface area contributed by atoms with Crippen LogP contribution in [-0.4, -0.2) is 63.9 Å². The molecule has 0 fully saturated rings. The lowest BCUT2D eigenvalue weighted by atomic mass is 10.1. The van der Waals surface area contributed by atoms with Crippen molar-refractivity contribution in [3.05, 3.63) is 33.4 Å². The van der Waals surface area contributed by atoms with Crippen LogP contribution in [0.1, 0.15) is 42.5 Å². The molecule has 0 saturated carbocycles. The van der Waals surface area contributed by atoms with Crippen LogP contribution in [0.3, 0.4) is 0 Å². The van der Waals surface area contributed by atoms with E-state index < -0.39 is 49.0 Å². The molecular weight excluding hydrogens is 527 g/mol. The van der Waals surface area contributed by atoms with Crippen molar-refractivity contribution in [3.63, 3.8) is 0 Å². The predicted molar refractivity (Wildman–Crippen MR) is 115 cm³/mol. The second kappa shape index (κ2) is 13.4. The number of amides is 2. The zero-order valence-corrected chi connectivity index (χ0v) is 18.5. The maximum Gasteiger partial charge on any atom is 0.408 e. The van der Waals surface area contributed by atoms with E-state index in [1.807, 2.05) is 0 Å². The third kappa shape index (κ3) is 10.6. The van der Waals surface area contributed by atoms with Crippen LogP contribution >= 0.6 is 22.6 Å². The fourth-order valence-corrected chi connectivity index (χ4v) is 2.79. The van der Waals surface area contributed by atoms with Crippen LogP contribution < -0.4 is 10.6 Å². The van der Waals surface area contributed by atoms with Gasteiger partial charge in [0.25, 0.3) is 5.91 Å². The molecule has 170 valence electrons. The van der Waals surface area contributed by atoms with Crippen molar-refractivity contribution >= 4 is 52.5 Å². The number of carboxylic acids is 3. The molecule has 0 aliphatic heterocycles. The zero-order chi connectivity index (χ0) is 23.4. The Morgan fingerprint density at radius 3 is 2.13 bits per heavy atom. The van der Waals surface area contributed by atoms with Gasteiger partial charge in [-0.15, -0.1) is 0 Å². The second-order valence-corrected chi connectivity index (χ2v) is 7.70. The van der Waals surface area contributed by atoms with Crippen molar-refractivity contribution in [3.8, 4) is 0 Å². The maximum atomic E-state index is 12.0. The molecule has 11 nitrogen and oxygen atoms in total. The smallest absolute Gasteiger partial charge is 0.408 e. The molecule has 1 rings (SSSR count). The van der Waals surface area contributed by atoms with Crippen LogP contribution in [0, 0.1) is 3.57 Å².